The first-order chi connectivity index (χ1) is 16.1. The summed E-state index contributed by atoms with van der Waals surface area (Å²) < 4.78 is 26.7. The Bertz CT molecular complexity index is 846. The van der Waals surface area contributed by atoms with Gasteiger partial charge >= 0.3 is 0 Å². The largest absolute Gasteiger partial charge is 0.204 e. The molecule has 2 aromatic carbocycles. The molecule has 0 atom stereocenters. The Balaban J connectivity index is 1.17. The number of aryl methyl sites for hydroxylation is 1. The molecule has 2 fully saturated rings. The van der Waals surface area contributed by atoms with Gasteiger partial charge in [-0.05, 0) is 72.3 Å². The third-order valence-electron chi connectivity index (χ3n) is 8.71. The predicted molar refractivity (Wildman–Crippen MR) is 139 cm³/mol. The molecule has 2 aromatic rings. The minimum absolute atomic E-state index is 0.373. The van der Waals surface area contributed by atoms with Crippen molar-refractivity contribution in [1.82, 2.24) is 0 Å². The van der Waals surface area contributed by atoms with Gasteiger partial charge in [-0.25, -0.2) is 8.78 Å². The van der Waals surface area contributed by atoms with E-state index in [0.29, 0.717) is 0 Å². The van der Waals surface area contributed by atoms with E-state index in [9.17, 15) is 8.78 Å². The molecule has 0 nitrogen and oxygen atoms in total. The van der Waals surface area contributed by atoms with Crippen molar-refractivity contribution in [2.45, 2.75) is 95.7 Å². The monoisotopic (exact) mass is 468 g/mol. The van der Waals surface area contributed by atoms with Crippen molar-refractivity contribution in [3.63, 3.8) is 0 Å². The quantitative estimate of drug-likeness (QED) is 0.254. The second kappa shape index (κ2) is 12.3. The van der Waals surface area contributed by atoms with E-state index in [1.807, 2.05) is 12.1 Å². The third kappa shape index (κ3) is 7.01. The minimum Gasteiger partial charge on any atom is -0.204 e. The summed E-state index contributed by atoms with van der Waals surface area (Å²) in [5.41, 5.74) is 3.03. The van der Waals surface area contributed by atoms with E-state index in [4.69, 9.17) is 0 Å². The molecule has 1 aliphatic carbocycles. The first-order valence-corrected chi connectivity index (χ1v) is 16.1. The van der Waals surface area contributed by atoms with Crippen LogP contribution in [-0.4, -0.2) is 8.80 Å². The number of hydrogen-bond acceptors (Lipinski definition) is 0. The van der Waals surface area contributed by atoms with Gasteiger partial charge in [-0.2, -0.15) is 0 Å². The fraction of sp³-hybridized carbons (Fsp3) is 0.600. The van der Waals surface area contributed by atoms with E-state index in [1.165, 1.54) is 69.1 Å². The average Bonchev–Trinajstić information content (AvgIpc) is 2.86. The van der Waals surface area contributed by atoms with E-state index < -0.39 is 11.6 Å². The molecule has 0 radical (unpaired) electrons. The van der Waals surface area contributed by atoms with Gasteiger partial charge in [-0.3, -0.25) is 0 Å². The van der Waals surface area contributed by atoms with Crippen molar-refractivity contribution in [3.8, 4) is 11.1 Å². The molecular weight excluding hydrogens is 426 g/mol. The van der Waals surface area contributed by atoms with Crippen LogP contribution in [0.25, 0.3) is 11.1 Å². The van der Waals surface area contributed by atoms with E-state index in [-0.39, 0.29) is 8.80 Å². The van der Waals surface area contributed by atoms with E-state index in [0.717, 1.165) is 35.3 Å². The zero-order valence-corrected chi connectivity index (χ0v) is 21.7. The van der Waals surface area contributed by atoms with E-state index in [1.54, 1.807) is 37.0 Å². The van der Waals surface area contributed by atoms with E-state index in [2.05, 4.69) is 19.1 Å². The summed E-state index contributed by atoms with van der Waals surface area (Å²) in [6.07, 6.45) is 15.6. The predicted octanol–water partition coefficient (Wildman–Crippen LogP) is 9.20. The van der Waals surface area contributed by atoms with Gasteiger partial charge in [0.2, 0.25) is 0 Å². The summed E-state index contributed by atoms with van der Waals surface area (Å²) in [4.78, 5) is 0. The van der Waals surface area contributed by atoms with Crippen LogP contribution in [0, 0.1) is 29.4 Å². The maximum absolute atomic E-state index is 13.5. The van der Waals surface area contributed by atoms with Gasteiger partial charge in [0.05, 0.1) is 0 Å². The number of unbranched alkanes of at least 4 members (excludes halogenated alkanes) is 2. The fourth-order valence-electron chi connectivity index (χ4n) is 6.49. The lowest BCUT2D eigenvalue weighted by atomic mass is 9.73. The van der Waals surface area contributed by atoms with Gasteiger partial charge in [-0.15, -0.1) is 0 Å². The maximum Gasteiger partial charge on any atom is 0.159 e. The van der Waals surface area contributed by atoms with Gasteiger partial charge in [0.15, 0.2) is 11.6 Å². The molecule has 4 rings (SSSR count). The van der Waals surface area contributed by atoms with Crippen molar-refractivity contribution >= 4 is 8.80 Å². The second-order valence-electron chi connectivity index (χ2n) is 10.9. The van der Waals surface area contributed by atoms with Crippen LogP contribution in [0.2, 0.25) is 18.1 Å². The Kier molecular flexibility index (Phi) is 9.17. The minimum atomic E-state index is -0.790. The Morgan fingerprint density at radius 2 is 1.42 bits per heavy atom. The SMILES string of the molecule is CCCCC[SiH]1CCC(C2CCC(CCc3ccc(-c4ccc(F)c(F)c4)cc3)CC2)CC1. The molecule has 33 heavy (non-hydrogen) atoms. The van der Waals surface area contributed by atoms with Crippen molar-refractivity contribution in [2.24, 2.45) is 17.8 Å². The Morgan fingerprint density at radius 3 is 2.09 bits per heavy atom. The molecule has 0 bridgehead atoms. The summed E-state index contributed by atoms with van der Waals surface area (Å²) in [7, 11) is -0.373. The number of rotatable bonds is 9. The van der Waals surface area contributed by atoms with Crippen molar-refractivity contribution in [1.29, 1.82) is 0 Å². The van der Waals surface area contributed by atoms with Crippen LogP contribution in [0.15, 0.2) is 42.5 Å². The topological polar surface area (TPSA) is 0 Å². The van der Waals surface area contributed by atoms with E-state index >= 15 is 0 Å². The summed E-state index contributed by atoms with van der Waals surface area (Å²) >= 11 is 0. The third-order valence-corrected chi connectivity index (χ3v) is 12.2. The first kappa shape index (κ1) is 24.6. The summed E-state index contributed by atoms with van der Waals surface area (Å²) in [5, 5.41) is 0. The van der Waals surface area contributed by atoms with Crippen molar-refractivity contribution in [3.05, 3.63) is 59.7 Å². The molecule has 1 saturated carbocycles. The van der Waals surface area contributed by atoms with Crippen LogP contribution in [-0.2, 0) is 6.42 Å². The highest BCUT2D eigenvalue weighted by Gasteiger charge is 2.30. The van der Waals surface area contributed by atoms with Gasteiger partial charge in [0, 0.05) is 8.80 Å². The lowest BCUT2D eigenvalue weighted by Gasteiger charge is -2.37. The lowest BCUT2D eigenvalue weighted by molar-refractivity contribution is 0.186. The normalized spacial score (nSPS) is 25.8. The zero-order chi connectivity index (χ0) is 23.0. The smallest absolute Gasteiger partial charge is 0.159 e. The van der Waals surface area contributed by atoms with Crippen LogP contribution < -0.4 is 0 Å². The van der Waals surface area contributed by atoms with Gasteiger partial charge in [0.1, 0.15) is 0 Å². The van der Waals surface area contributed by atoms with Gasteiger partial charge in [0.25, 0.3) is 0 Å². The zero-order valence-electron chi connectivity index (χ0n) is 20.5. The molecule has 2 aliphatic rings. The number of benzene rings is 2. The molecule has 1 saturated heterocycles. The summed E-state index contributed by atoms with van der Waals surface area (Å²) in [6.45, 7) is 2.32. The van der Waals surface area contributed by atoms with Crippen LogP contribution in [0.1, 0.15) is 76.7 Å². The molecule has 1 heterocycles. The van der Waals surface area contributed by atoms with Crippen LogP contribution in [0.5, 0.6) is 0 Å². The van der Waals surface area contributed by atoms with Crippen molar-refractivity contribution < 1.29 is 8.78 Å². The molecule has 0 unspecified atom stereocenters. The highest BCUT2D eigenvalue weighted by atomic mass is 28.3. The van der Waals surface area contributed by atoms with Crippen molar-refractivity contribution in [2.75, 3.05) is 0 Å². The maximum atomic E-state index is 13.5. The molecule has 0 aromatic heterocycles. The number of hydrogen-bond donors (Lipinski definition) is 0. The highest BCUT2D eigenvalue weighted by molar-refractivity contribution is 6.58. The molecule has 1 aliphatic heterocycles. The molecule has 180 valence electrons. The summed E-state index contributed by atoms with van der Waals surface area (Å²) in [5.74, 6) is 1.37. The standard InChI is InChI=1S/C30H42F2Si/c1-2-3-4-19-33-20-17-27(18-21-33)25-11-7-23(8-12-25)5-6-24-9-13-26(14-10-24)28-15-16-29(31)30(32)22-28/h9-10,13-16,22-23,25,27,33H,2-8,11-12,17-21H2,1H3. The molecule has 0 N–H and O–H groups in total. The average molecular weight is 469 g/mol. The molecular formula is C30H42F2Si. The second-order valence-corrected chi connectivity index (χ2v) is 14.4. The fourth-order valence-corrected chi connectivity index (χ4v) is 10.0. The molecule has 3 heteroatoms. The van der Waals surface area contributed by atoms with Gasteiger partial charge < -0.3 is 0 Å². The van der Waals surface area contributed by atoms with Crippen LogP contribution >= 0.6 is 0 Å². The molecule has 0 spiro atoms. The summed E-state index contributed by atoms with van der Waals surface area (Å²) in [6, 6.07) is 17.4. The highest BCUT2D eigenvalue weighted by Crippen LogP contribution is 2.42. The first-order valence-electron chi connectivity index (χ1n) is 13.7. The van der Waals surface area contributed by atoms with Crippen LogP contribution in [0.3, 0.4) is 0 Å². The Morgan fingerprint density at radius 1 is 0.758 bits per heavy atom. The van der Waals surface area contributed by atoms with Crippen LogP contribution in [0.4, 0.5) is 8.78 Å². The molecule has 0 amide bonds. The number of halogens is 2. The Labute approximate surface area is 201 Å². The Hall–Kier alpha value is -1.48. The van der Waals surface area contributed by atoms with Gasteiger partial charge in [-0.1, -0.05) is 100 Å². The lowest BCUT2D eigenvalue weighted by Crippen LogP contribution is -2.28.